The lowest BCUT2D eigenvalue weighted by atomic mass is 10.0. The van der Waals surface area contributed by atoms with Gasteiger partial charge in [0.1, 0.15) is 10.8 Å². The molecule has 0 aliphatic heterocycles. The van der Waals surface area contributed by atoms with E-state index in [-0.39, 0.29) is 0 Å². The summed E-state index contributed by atoms with van der Waals surface area (Å²) in [7, 11) is 1.66. The van der Waals surface area contributed by atoms with Crippen LogP contribution in [0.25, 0.3) is 49.1 Å². The number of hydrogen-bond acceptors (Lipinski definition) is 7. The van der Waals surface area contributed by atoms with Crippen LogP contribution in [0.5, 0.6) is 5.75 Å². The number of benzene rings is 2. The Morgan fingerprint density at radius 3 is 2.59 bits per heavy atom. The first kappa shape index (κ1) is 18.6. The molecule has 4 aromatic heterocycles. The second kappa shape index (κ2) is 7.51. The van der Waals surface area contributed by atoms with Gasteiger partial charge in [0.05, 0.1) is 18.3 Å². The Balaban J connectivity index is 1.54. The Bertz CT molecular complexity index is 1560. The van der Waals surface area contributed by atoms with Gasteiger partial charge in [-0.1, -0.05) is 29.5 Å². The Kier molecular flexibility index (Phi) is 4.36. The number of para-hydroxylation sites is 1. The van der Waals surface area contributed by atoms with Crippen LogP contribution in [0.15, 0.2) is 79.1 Å². The van der Waals surface area contributed by atoms with Crippen LogP contribution in [0.3, 0.4) is 0 Å². The van der Waals surface area contributed by atoms with Crippen LogP contribution in [0.4, 0.5) is 0 Å². The highest BCUT2D eigenvalue weighted by Crippen LogP contribution is 2.35. The number of fused-ring (bicyclic) bond motifs is 2. The van der Waals surface area contributed by atoms with E-state index in [1.165, 1.54) is 11.3 Å². The summed E-state index contributed by atoms with van der Waals surface area (Å²) in [4.78, 5) is 9.80. The third-order valence-electron chi connectivity index (χ3n) is 5.24. The topological polar surface area (TPSA) is 78.1 Å². The van der Waals surface area contributed by atoms with Gasteiger partial charge >= 0.3 is 0 Å². The molecule has 0 aliphatic rings. The quantitative estimate of drug-likeness (QED) is 0.381. The first-order valence-corrected chi connectivity index (χ1v) is 10.8. The van der Waals surface area contributed by atoms with Crippen molar-refractivity contribution in [1.82, 2.24) is 29.8 Å². The molecule has 0 aliphatic carbocycles. The second-order valence-electron chi connectivity index (χ2n) is 7.17. The van der Waals surface area contributed by atoms with E-state index >= 15 is 0 Å². The van der Waals surface area contributed by atoms with Crippen LogP contribution >= 0.6 is 11.3 Å². The number of pyridine rings is 2. The van der Waals surface area contributed by atoms with E-state index in [4.69, 9.17) is 14.8 Å². The maximum atomic E-state index is 5.29. The van der Waals surface area contributed by atoms with Gasteiger partial charge in [-0.15, -0.1) is 10.2 Å². The zero-order valence-corrected chi connectivity index (χ0v) is 17.8. The number of methoxy groups -OCH3 is 1. The first-order chi connectivity index (χ1) is 15.8. The van der Waals surface area contributed by atoms with Gasteiger partial charge in [-0.05, 0) is 48.5 Å². The van der Waals surface area contributed by atoms with E-state index in [0.29, 0.717) is 5.82 Å². The molecule has 0 saturated heterocycles. The fourth-order valence-corrected chi connectivity index (χ4v) is 4.53. The molecule has 6 rings (SSSR count). The summed E-state index contributed by atoms with van der Waals surface area (Å²) in [5, 5.41) is 15.4. The summed E-state index contributed by atoms with van der Waals surface area (Å²) in [6.07, 6.45) is 3.50. The molecule has 7 nitrogen and oxygen atoms in total. The van der Waals surface area contributed by atoms with Crippen LogP contribution in [0, 0.1) is 0 Å². The van der Waals surface area contributed by atoms with E-state index in [1.807, 2.05) is 54.6 Å². The van der Waals surface area contributed by atoms with Crippen molar-refractivity contribution in [2.45, 2.75) is 0 Å². The molecule has 6 aromatic rings. The Hall–Kier alpha value is -4.17. The highest BCUT2D eigenvalue weighted by atomic mass is 32.1. The standard InChI is InChI=1S/C24H16N6OS/c1-31-17-10-8-15(9-11-17)21-13-19(18-6-2-3-7-20(18)26-21)23-29-30-22(27-28-24(30)32-23)16-5-4-12-25-14-16/h2-14H,1H3. The fourth-order valence-electron chi connectivity index (χ4n) is 3.66. The number of aromatic nitrogens is 6. The highest BCUT2D eigenvalue weighted by molar-refractivity contribution is 7.20. The lowest BCUT2D eigenvalue weighted by Crippen LogP contribution is -1.93. The van der Waals surface area contributed by atoms with Crippen LogP contribution in [0.1, 0.15) is 0 Å². The Labute approximate surface area is 187 Å². The van der Waals surface area contributed by atoms with Gasteiger partial charge in [-0.3, -0.25) is 4.98 Å². The molecule has 0 saturated carbocycles. The third-order valence-corrected chi connectivity index (χ3v) is 6.18. The first-order valence-electron chi connectivity index (χ1n) is 9.97. The summed E-state index contributed by atoms with van der Waals surface area (Å²) in [5.41, 5.74) is 4.68. The van der Waals surface area contributed by atoms with E-state index in [2.05, 4.69) is 27.3 Å². The molecule has 0 amide bonds. The minimum atomic E-state index is 0.671. The third kappa shape index (κ3) is 3.09. The molecule has 0 fully saturated rings. The summed E-state index contributed by atoms with van der Waals surface area (Å²) in [6.45, 7) is 0. The van der Waals surface area contributed by atoms with Crippen molar-refractivity contribution in [2.24, 2.45) is 0 Å². The fraction of sp³-hybridized carbons (Fsp3) is 0.0417. The van der Waals surface area contributed by atoms with Crippen LogP contribution in [-0.4, -0.2) is 36.9 Å². The summed E-state index contributed by atoms with van der Waals surface area (Å²) in [6, 6.07) is 21.9. The molecule has 0 N–H and O–H groups in total. The predicted octanol–water partition coefficient (Wildman–Crippen LogP) is 5.14. The molecule has 32 heavy (non-hydrogen) atoms. The van der Waals surface area contributed by atoms with E-state index in [0.717, 1.165) is 49.0 Å². The average molecular weight is 437 g/mol. The zero-order chi connectivity index (χ0) is 21.5. The smallest absolute Gasteiger partial charge is 0.235 e. The van der Waals surface area contributed by atoms with Crippen LogP contribution in [-0.2, 0) is 0 Å². The largest absolute Gasteiger partial charge is 0.497 e. The molecule has 8 heteroatoms. The lowest BCUT2D eigenvalue weighted by molar-refractivity contribution is 0.415. The maximum absolute atomic E-state index is 5.29. The van der Waals surface area contributed by atoms with Gasteiger partial charge in [-0.25, -0.2) is 4.98 Å². The van der Waals surface area contributed by atoms with Gasteiger partial charge in [0, 0.05) is 34.5 Å². The molecule has 154 valence electrons. The van der Waals surface area contributed by atoms with Crippen LogP contribution in [0.2, 0.25) is 0 Å². The molecule has 0 unspecified atom stereocenters. The predicted molar refractivity (Wildman–Crippen MR) is 125 cm³/mol. The van der Waals surface area contributed by atoms with Crippen molar-refractivity contribution in [1.29, 1.82) is 0 Å². The van der Waals surface area contributed by atoms with Crippen LogP contribution < -0.4 is 4.74 Å². The van der Waals surface area contributed by atoms with Gasteiger partial charge in [0.2, 0.25) is 4.96 Å². The molecule has 0 bridgehead atoms. The van der Waals surface area contributed by atoms with Gasteiger partial charge in [0.15, 0.2) is 5.82 Å². The van der Waals surface area contributed by atoms with Gasteiger partial charge < -0.3 is 4.74 Å². The van der Waals surface area contributed by atoms with Crippen molar-refractivity contribution in [2.75, 3.05) is 7.11 Å². The minimum Gasteiger partial charge on any atom is -0.497 e. The van der Waals surface area contributed by atoms with Crippen molar-refractivity contribution in [3.05, 3.63) is 79.1 Å². The van der Waals surface area contributed by atoms with Crippen molar-refractivity contribution < 1.29 is 4.74 Å². The van der Waals surface area contributed by atoms with Crippen molar-refractivity contribution >= 4 is 27.2 Å². The SMILES string of the molecule is COc1ccc(-c2cc(-c3nn4c(-c5cccnc5)nnc4s3)c3ccccc3n2)cc1. The van der Waals surface area contributed by atoms with E-state index < -0.39 is 0 Å². The molecule has 4 heterocycles. The molecular weight excluding hydrogens is 420 g/mol. The van der Waals surface area contributed by atoms with Gasteiger partial charge in [0.25, 0.3) is 0 Å². The molecule has 0 atom stereocenters. The van der Waals surface area contributed by atoms with E-state index in [1.54, 1.807) is 24.0 Å². The maximum Gasteiger partial charge on any atom is 0.235 e. The normalized spacial score (nSPS) is 11.3. The number of hydrogen-bond donors (Lipinski definition) is 0. The number of nitrogens with zero attached hydrogens (tertiary/aromatic N) is 6. The Morgan fingerprint density at radius 1 is 0.906 bits per heavy atom. The second-order valence-corrected chi connectivity index (χ2v) is 8.12. The van der Waals surface area contributed by atoms with Crippen molar-refractivity contribution in [3.8, 4) is 39.0 Å². The molecule has 0 spiro atoms. The van der Waals surface area contributed by atoms with E-state index in [9.17, 15) is 0 Å². The lowest BCUT2D eigenvalue weighted by Gasteiger charge is -2.08. The Morgan fingerprint density at radius 2 is 1.78 bits per heavy atom. The summed E-state index contributed by atoms with van der Waals surface area (Å²) in [5.74, 6) is 1.48. The zero-order valence-electron chi connectivity index (χ0n) is 17.0. The number of ether oxygens (including phenoxy) is 1. The van der Waals surface area contributed by atoms with Gasteiger partial charge in [-0.2, -0.15) is 9.61 Å². The van der Waals surface area contributed by atoms with Crippen molar-refractivity contribution in [3.63, 3.8) is 0 Å². The summed E-state index contributed by atoms with van der Waals surface area (Å²) < 4.78 is 7.07. The average Bonchev–Trinajstić information content (AvgIpc) is 3.45. The minimum absolute atomic E-state index is 0.671. The molecule has 2 aromatic carbocycles. The monoisotopic (exact) mass is 436 g/mol. The molecular formula is C24H16N6OS. The molecule has 0 radical (unpaired) electrons. The highest BCUT2D eigenvalue weighted by Gasteiger charge is 2.17. The number of rotatable bonds is 4. The summed E-state index contributed by atoms with van der Waals surface area (Å²) >= 11 is 1.50.